The Labute approximate surface area is 127 Å². The highest BCUT2D eigenvalue weighted by molar-refractivity contribution is 5.87. The molecule has 21 heavy (non-hydrogen) atoms. The molecule has 2 unspecified atom stereocenters. The van der Waals surface area contributed by atoms with Crippen LogP contribution in [0.2, 0.25) is 0 Å². The van der Waals surface area contributed by atoms with E-state index >= 15 is 0 Å². The van der Waals surface area contributed by atoms with E-state index in [1.807, 2.05) is 24.3 Å². The number of nitrogens with one attached hydrogen (secondary N) is 2. The lowest BCUT2D eigenvalue weighted by atomic mass is 9.92. The van der Waals surface area contributed by atoms with E-state index in [0.29, 0.717) is 0 Å². The number of ether oxygens (including phenoxy) is 1. The first-order valence-electron chi connectivity index (χ1n) is 7.85. The molecular formula is C17H26N2O2. The van der Waals surface area contributed by atoms with E-state index in [-0.39, 0.29) is 17.5 Å². The van der Waals surface area contributed by atoms with Crippen molar-refractivity contribution >= 4 is 5.91 Å². The average Bonchev–Trinajstić information content (AvgIpc) is 3.03. The van der Waals surface area contributed by atoms with Gasteiger partial charge in [-0.15, -0.1) is 0 Å². The van der Waals surface area contributed by atoms with Crippen LogP contribution in [0.15, 0.2) is 24.3 Å². The van der Waals surface area contributed by atoms with Gasteiger partial charge in [-0.2, -0.15) is 0 Å². The monoisotopic (exact) mass is 290 g/mol. The number of hydrogen-bond donors (Lipinski definition) is 2. The fraction of sp³-hybridized carbons (Fsp3) is 0.588. The summed E-state index contributed by atoms with van der Waals surface area (Å²) in [6.07, 6.45) is 3.70. The first-order valence-corrected chi connectivity index (χ1v) is 7.85. The number of rotatable bonds is 6. The molecule has 1 aromatic rings. The van der Waals surface area contributed by atoms with E-state index in [1.54, 1.807) is 7.11 Å². The molecule has 0 bridgehead atoms. The van der Waals surface area contributed by atoms with Gasteiger partial charge in [0.15, 0.2) is 0 Å². The van der Waals surface area contributed by atoms with Crippen LogP contribution in [-0.2, 0) is 4.79 Å². The molecule has 1 heterocycles. The Bertz CT molecular complexity index is 464. The van der Waals surface area contributed by atoms with Crippen molar-refractivity contribution < 1.29 is 9.53 Å². The van der Waals surface area contributed by atoms with Crippen LogP contribution in [0.25, 0.3) is 0 Å². The summed E-state index contributed by atoms with van der Waals surface area (Å²) in [6.45, 7) is 5.10. The smallest absolute Gasteiger partial charge is 0.240 e. The van der Waals surface area contributed by atoms with Crippen LogP contribution >= 0.6 is 0 Å². The predicted molar refractivity (Wildman–Crippen MR) is 84.4 cm³/mol. The molecule has 1 amide bonds. The third kappa shape index (κ3) is 3.38. The van der Waals surface area contributed by atoms with E-state index in [2.05, 4.69) is 24.5 Å². The van der Waals surface area contributed by atoms with Crippen LogP contribution in [0.1, 0.15) is 51.1 Å². The van der Waals surface area contributed by atoms with Crippen molar-refractivity contribution in [1.29, 1.82) is 0 Å². The molecule has 0 radical (unpaired) electrons. The summed E-state index contributed by atoms with van der Waals surface area (Å²) in [5.41, 5.74) is 0.746. The predicted octanol–water partition coefficient (Wildman–Crippen LogP) is 2.79. The highest BCUT2D eigenvalue weighted by Crippen LogP contribution is 2.26. The Balaban J connectivity index is 2.09. The highest BCUT2D eigenvalue weighted by atomic mass is 16.5. The second-order valence-corrected chi connectivity index (χ2v) is 5.67. The summed E-state index contributed by atoms with van der Waals surface area (Å²) in [5.74, 6) is 0.965. The molecule has 0 spiro atoms. The van der Waals surface area contributed by atoms with Gasteiger partial charge in [-0.05, 0) is 49.9 Å². The third-order valence-electron chi connectivity index (χ3n) is 4.51. The summed E-state index contributed by atoms with van der Waals surface area (Å²) >= 11 is 0. The van der Waals surface area contributed by atoms with Gasteiger partial charge in [0.05, 0.1) is 18.7 Å². The molecule has 0 saturated carbocycles. The summed E-state index contributed by atoms with van der Waals surface area (Å²) < 4.78 is 5.18. The first kappa shape index (κ1) is 15.8. The minimum absolute atomic E-state index is 0.0502. The van der Waals surface area contributed by atoms with Gasteiger partial charge in [-0.3, -0.25) is 4.79 Å². The van der Waals surface area contributed by atoms with Crippen molar-refractivity contribution in [1.82, 2.24) is 10.6 Å². The van der Waals surface area contributed by atoms with Gasteiger partial charge < -0.3 is 15.4 Å². The number of carbonyl (C=O) groups is 1. The number of carbonyl (C=O) groups excluding carboxylic acids is 1. The van der Waals surface area contributed by atoms with Gasteiger partial charge in [0.1, 0.15) is 5.75 Å². The van der Waals surface area contributed by atoms with Gasteiger partial charge >= 0.3 is 0 Å². The topological polar surface area (TPSA) is 50.4 Å². The van der Waals surface area contributed by atoms with E-state index in [4.69, 9.17) is 4.74 Å². The largest absolute Gasteiger partial charge is 0.497 e. The normalized spacial score (nSPS) is 22.8. The maximum atomic E-state index is 12.7. The summed E-state index contributed by atoms with van der Waals surface area (Å²) in [4.78, 5) is 12.7. The van der Waals surface area contributed by atoms with E-state index in [9.17, 15) is 4.79 Å². The fourth-order valence-corrected chi connectivity index (χ4v) is 3.02. The molecule has 4 nitrogen and oxygen atoms in total. The van der Waals surface area contributed by atoms with E-state index in [1.165, 1.54) is 0 Å². The second-order valence-electron chi connectivity index (χ2n) is 5.67. The fourth-order valence-electron chi connectivity index (χ4n) is 3.02. The molecule has 2 rings (SSSR count). The molecule has 0 aromatic heterocycles. The summed E-state index contributed by atoms with van der Waals surface area (Å²) in [7, 11) is 1.66. The van der Waals surface area contributed by atoms with Crippen molar-refractivity contribution in [3.05, 3.63) is 29.8 Å². The van der Waals surface area contributed by atoms with Crippen molar-refractivity contribution in [2.75, 3.05) is 13.7 Å². The summed E-state index contributed by atoms with van der Waals surface area (Å²) in [5, 5.41) is 6.60. The standard InChI is InChI=1S/C17H26N2O2/c1-4-15(13-7-9-14(21-3)10-8-13)19-16(20)17(5-2)11-6-12-18-17/h7-10,15,18H,4-6,11-12H2,1-3H3,(H,19,20). The molecule has 2 N–H and O–H groups in total. The minimum Gasteiger partial charge on any atom is -0.497 e. The van der Waals surface area contributed by atoms with Crippen molar-refractivity contribution in [2.45, 2.75) is 51.1 Å². The number of amides is 1. The highest BCUT2D eigenvalue weighted by Gasteiger charge is 2.39. The van der Waals surface area contributed by atoms with Crippen LogP contribution in [0.3, 0.4) is 0 Å². The van der Waals surface area contributed by atoms with Crippen LogP contribution in [0, 0.1) is 0 Å². The Kier molecular flexibility index (Phi) is 5.23. The molecule has 1 aliphatic heterocycles. The van der Waals surface area contributed by atoms with E-state index in [0.717, 1.165) is 43.5 Å². The SMILES string of the molecule is CCC(NC(=O)C1(CC)CCCN1)c1ccc(OC)cc1. The molecule has 0 aliphatic carbocycles. The number of benzene rings is 1. The van der Waals surface area contributed by atoms with Gasteiger partial charge in [0, 0.05) is 0 Å². The van der Waals surface area contributed by atoms with Crippen molar-refractivity contribution in [2.24, 2.45) is 0 Å². The Morgan fingerprint density at radius 1 is 1.38 bits per heavy atom. The Morgan fingerprint density at radius 2 is 2.10 bits per heavy atom. The quantitative estimate of drug-likeness (QED) is 0.847. The maximum Gasteiger partial charge on any atom is 0.240 e. The molecule has 1 aromatic carbocycles. The first-order chi connectivity index (χ1) is 10.1. The zero-order chi connectivity index (χ0) is 15.3. The van der Waals surface area contributed by atoms with Crippen molar-refractivity contribution in [3.8, 4) is 5.75 Å². The lowest BCUT2D eigenvalue weighted by molar-refractivity contribution is -0.128. The van der Waals surface area contributed by atoms with Crippen molar-refractivity contribution in [3.63, 3.8) is 0 Å². The van der Waals surface area contributed by atoms with Gasteiger partial charge in [-0.25, -0.2) is 0 Å². The molecule has 116 valence electrons. The van der Waals surface area contributed by atoms with Crippen LogP contribution < -0.4 is 15.4 Å². The molecule has 4 heteroatoms. The van der Waals surface area contributed by atoms with Crippen LogP contribution in [-0.4, -0.2) is 25.1 Å². The third-order valence-corrected chi connectivity index (χ3v) is 4.51. The molecule has 1 aliphatic rings. The average molecular weight is 290 g/mol. The zero-order valence-corrected chi connectivity index (χ0v) is 13.2. The summed E-state index contributed by atoms with van der Waals surface area (Å²) in [6, 6.07) is 7.97. The lowest BCUT2D eigenvalue weighted by Gasteiger charge is -2.29. The van der Waals surface area contributed by atoms with Gasteiger partial charge in [0.25, 0.3) is 0 Å². The minimum atomic E-state index is -0.375. The maximum absolute atomic E-state index is 12.7. The lowest BCUT2D eigenvalue weighted by Crippen LogP contribution is -2.53. The molecule has 2 atom stereocenters. The Hall–Kier alpha value is -1.55. The van der Waals surface area contributed by atoms with Crippen LogP contribution in [0.5, 0.6) is 5.75 Å². The number of methoxy groups -OCH3 is 1. The van der Waals surface area contributed by atoms with Gasteiger partial charge in [-0.1, -0.05) is 26.0 Å². The molecule has 1 saturated heterocycles. The van der Waals surface area contributed by atoms with E-state index < -0.39 is 0 Å². The zero-order valence-electron chi connectivity index (χ0n) is 13.2. The second kappa shape index (κ2) is 6.94. The van der Waals surface area contributed by atoms with Crippen LogP contribution in [0.4, 0.5) is 0 Å². The molecular weight excluding hydrogens is 264 g/mol. The Morgan fingerprint density at radius 3 is 2.57 bits per heavy atom. The number of hydrogen-bond acceptors (Lipinski definition) is 3. The molecule has 1 fully saturated rings. The van der Waals surface area contributed by atoms with Gasteiger partial charge in [0.2, 0.25) is 5.91 Å².